The third-order valence-electron chi connectivity index (χ3n) is 3.27. The largest absolute Gasteiger partial charge is 0.340 e. The average molecular weight is 245 g/mol. The van der Waals surface area contributed by atoms with Crippen LogP contribution in [-0.2, 0) is 14.4 Å². The molecular weight excluding hydrogens is 232 g/mol. The summed E-state index contributed by atoms with van der Waals surface area (Å²) in [6.07, 6.45) is 0. The molecule has 0 saturated carbocycles. The summed E-state index contributed by atoms with van der Waals surface area (Å²) in [6, 6.07) is 0. The Kier molecular flexibility index (Phi) is 2.66. The number of carbonyl (C=O) groups is 3. The first-order valence-corrected chi connectivity index (χ1v) is 5.61. The predicted octanol–water partition coefficient (Wildman–Crippen LogP) is -0.313. The Morgan fingerprint density at radius 2 is 1.75 bits per heavy atom. The average Bonchev–Trinajstić information content (AvgIpc) is 2.75. The number of rotatable bonds is 1. The number of imide groups is 1. The fourth-order valence-electron chi connectivity index (χ4n) is 2.34. The summed E-state index contributed by atoms with van der Waals surface area (Å²) < 4.78 is 0. The number of likely N-dealkylation sites (tertiary alicyclic amines) is 2. The molecule has 0 aromatic heterocycles. The highest BCUT2D eigenvalue weighted by atomic mass is 35.5. The maximum Gasteiger partial charge on any atom is 0.240 e. The molecule has 2 aliphatic rings. The van der Waals surface area contributed by atoms with Gasteiger partial charge in [-0.05, 0) is 6.92 Å². The fraction of sp³-hybridized carbons (Fsp3) is 0.700. The molecule has 88 valence electrons. The minimum atomic E-state index is -0.609. The lowest BCUT2D eigenvalue weighted by Gasteiger charge is -2.19. The molecule has 2 fully saturated rings. The molecule has 2 heterocycles. The molecule has 6 heteroatoms. The van der Waals surface area contributed by atoms with Crippen molar-refractivity contribution < 1.29 is 14.4 Å². The van der Waals surface area contributed by atoms with Crippen LogP contribution >= 0.6 is 11.6 Å². The normalized spacial score (nSPS) is 30.9. The lowest BCUT2D eigenvalue weighted by molar-refractivity contribution is -0.139. The molecule has 0 bridgehead atoms. The molecule has 2 rings (SSSR count). The summed E-state index contributed by atoms with van der Waals surface area (Å²) in [5, 5.41) is -0.609. The Morgan fingerprint density at radius 1 is 1.31 bits per heavy atom. The number of hydrogen-bond donors (Lipinski definition) is 0. The van der Waals surface area contributed by atoms with Crippen molar-refractivity contribution in [3.63, 3.8) is 0 Å². The van der Waals surface area contributed by atoms with E-state index in [9.17, 15) is 14.4 Å². The topological polar surface area (TPSA) is 57.7 Å². The van der Waals surface area contributed by atoms with Crippen molar-refractivity contribution in [2.75, 3.05) is 20.1 Å². The molecule has 2 aliphatic heterocycles. The second-order valence-corrected chi connectivity index (χ2v) is 4.96. The van der Waals surface area contributed by atoms with Gasteiger partial charge < -0.3 is 4.90 Å². The van der Waals surface area contributed by atoms with Crippen LogP contribution in [0, 0.1) is 11.8 Å². The first-order chi connectivity index (χ1) is 7.43. The van der Waals surface area contributed by atoms with Crippen LogP contribution in [0.2, 0.25) is 0 Å². The van der Waals surface area contributed by atoms with E-state index in [1.54, 1.807) is 6.92 Å². The summed E-state index contributed by atoms with van der Waals surface area (Å²) >= 11 is 5.69. The molecule has 0 aliphatic carbocycles. The summed E-state index contributed by atoms with van der Waals surface area (Å²) in [4.78, 5) is 37.6. The molecular formula is C10H13ClN2O3. The van der Waals surface area contributed by atoms with Crippen LogP contribution < -0.4 is 0 Å². The third-order valence-corrected chi connectivity index (χ3v) is 3.45. The van der Waals surface area contributed by atoms with Crippen molar-refractivity contribution in [2.45, 2.75) is 12.3 Å². The lowest BCUT2D eigenvalue weighted by atomic mass is 10.00. The van der Waals surface area contributed by atoms with Crippen LogP contribution in [0.25, 0.3) is 0 Å². The Hall–Kier alpha value is -1.10. The lowest BCUT2D eigenvalue weighted by Crippen LogP contribution is -2.38. The molecule has 0 spiro atoms. The van der Waals surface area contributed by atoms with E-state index in [-0.39, 0.29) is 29.6 Å². The van der Waals surface area contributed by atoms with Gasteiger partial charge in [-0.2, -0.15) is 0 Å². The minimum Gasteiger partial charge on any atom is -0.340 e. The van der Waals surface area contributed by atoms with E-state index in [0.29, 0.717) is 13.1 Å². The van der Waals surface area contributed by atoms with E-state index < -0.39 is 5.38 Å². The van der Waals surface area contributed by atoms with Crippen molar-refractivity contribution in [3.8, 4) is 0 Å². The molecule has 3 amide bonds. The van der Waals surface area contributed by atoms with E-state index in [0.717, 1.165) is 4.90 Å². The number of amides is 3. The number of hydrogen-bond acceptors (Lipinski definition) is 3. The zero-order valence-electron chi connectivity index (χ0n) is 9.14. The fourth-order valence-corrected chi connectivity index (χ4v) is 2.48. The number of nitrogens with zero attached hydrogens (tertiary/aromatic N) is 2. The third kappa shape index (κ3) is 1.50. The second kappa shape index (κ2) is 3.73. The smallest absolute Gasteiger partial charge is 0.240 e. The SMILES string of the molecule is C[C@H](Cl)C(=O)N1C[C@@H]2C(=O)N(C)C(=O)[C@H]2C1. The molecule has 0 aromatic rings. The minimum absolute atomic E-state index is 0.187. The number of alkyl halides is 1. The Labute approximate surface area is 98.3 Å². The number of halogens is 1. The van der Waals surface area contributed by atoms with Gasteiger partial charge in [-0.15, -0.1) is 11.6 Å². The van der Waals surface area contributed by atoms with Crippen molar-refractivity contribution >= 4 is 29.3 Å². The van der Waals surface area contributed by atoms with Crippen LogP contribution in [0.3, 0.4) is 0 Å². The molecule has 2 saturated heterocycles. The van der Waals surface area contributed by atoms with Gasteiger partial charge in [0.15, 0.2) is 0 Å². The van der Waals surface area contributed by atoms with Crippen molar-refractivity contribution in [1.82, 2.24) is 9.80 Å². The van der Waals surface area contributed by atoms with E-state index in [2.05, 4.69) is 0 Å². The summed E-state index contributed by atoms with van der Waals surface area (Å²) in [5.74, 6) is -1.31. The molecule has 0 N–H and O–H groups in total. The molecule has 3 atom stereocenters. The summed E-state index contributed by atoms with van der Waals surface area (Å²) in [5.41, 5.74) is 0. The standard InChI is InChI=1S/C10H13ClN2O3/c1-5(11)8(14)13-3-6-7(4-13)10(16)12(2)9(6)15/h5-7H,3-4H2,1-2H3/t5-,6-,7-/m0/s1. The van der Waals surface area contributed by atoms with Crippen LogP contribution in [0.5, 0.6) is 0 Å². The van der Waals surface area contributed by atoms with Gasteiger partial charge in [0.1, 0.15) is 5.38 Å². The molecule has 5 nitrogen and oxygen atoms in total. The molecule has 0 unspecified atom stereocenters. The Morgan fingerprint density at radius 3 is 2.12 bits per heavy atom. The van der Waals surface area contributed by atoms with Crippen molar-refractivity contribution in [2.24, 2.45) is 11.8 Å². The van der Waals surface area contributed by atoms with Gasteiger partial charge in [0, 0.05) is 20.1 Å². The maximum atomic E-state index is 11.7. The van der Waals surface area contributed by atoms with Crippen molar-refractivity contribution in [3.05, 3.63) is 0 Å². The van der Waals surface area contributed by atoms with E-state index >= 15 is 0 Å². The summed E-state index contributed by atoms with van der Waals surface area (Å²) in [6.45, 7) is 2.22. The first kappa shape index (κ1) is 11.4. The number of fused-ring (bicyclic) bond motifs is 1. The quantitative estimate of drug-likeness (QED) is 0.470. The van der Waals surface area contributed by atoms with Gasteiger partial charge in [0.2, 0.25) is 17.7 Å². The Bertz CT molecular complexity index is 345. The first-order valence-electron chi connectivity index (χ1n) is 5.17. The van der Waals surface area contributed by atoms with E-state index in [1.165, 1.54) is 11.9 Å². The van der Waals surface area contributed by atoms with Crippen LogP contribution in [0.15, 0.2) is 0 Å². The highest BCUT2D eigenvalue weighted by Crippen LogP contribution is 2.32. The molecule has 0 aromatic carbocycles. The van der Waals surface area contributed by atoms with Crippen LogP contribution in [0.1, 0.15) is 6.92 Å². The highest BCUT2D eigenvalue weighted by Gasteiger charge is 2.52. The van der Waals surface area contributed by atoms with Crippen molar-refractivity contribution in [1.29, 1.82) is 0 Å². The summed E-state index contributed by atoms with van der Waals surface area (Å²) in [7, 11) is 1.49. The van der Waals surface area contributed by atoms with E-state index in [4.69, 9.17) is 11.6 Å². The van der Waals surface area contributed by atoms with Crippen LogP contribution in [-0.4, -0.2) is 53.0 Å². The predicted molar refractivity (Wildman–Crippen MR) is 56.7 cm³/mol. The Balaban J connectivity index is 2.13. The van der Waals surface area contributed by atoms with Gasteiger partial charge in [-0.1, -0.05) is 0 Å². The second-order valence-electron chi connectivity index (χ2n) is 4.31. The van der Waals surface area contributed by atoms with Gasteiger partial charge in [0.25, 0.3) is 0 Å². The van der Waals surface area contributed by atoms with Gasteiger partial charge >= 0.3 is 0 Å². The van der Waals surface area contributed by atoms with Gasteiger partial charge in [-0.25, -0.2) is 0 Å². The van der Waals surface area contributed by atoms with Crippen LogP contribution in [0.4, 0.5) is 0 Å². The van der Waals surface area contributed by atoms with Gasteiger partial charge in [0.05, 0.1) is 11.8 Å². The highest BCUT2D eigenvalue weighted by molar-refractivity contribution is 6.30. The molecule has 16 heavy (non-hydrogen) atoms. The zero-order chi connectivity index (χ0) is 12.0. The zero-order valence-corrected chi connectivity index (χ0v) is 9.90. The maximum absolute atomic E-state index is 11.7. The monoisotopic (exact) mass is 244 g/mol. The molecule has 0 radical (unpaired) electrons. The number of carbonyl (C=O) groups excluding carboxylic acids is 3. The van der Waals surface area contributed by atoms with E-state index in [1.807, 2.05) is 0 Å². The van der Waals surface area contributed by atoms with Gasteiger partial charge in [-0.3, -0.25) is 19.3 Å².